The Morgan fingerprint density at radius 2 is 1.57 bits per heavy atom. The van der Waals surface area contributed by atoms with Crippen LogP contribution in [0.4, 0.5) is 5.69 Å². The molecule has 9 heteroatoms. The first kappa shape index (κ1) is 30.4. The third kappa shape index (κ3) is 7.27. The molecule has 42 heavy (non-hydrogen) atoms. The number of nitrogens with zero attached hydrogens (tertiary/aromatic N) is 4. The SMILES string of the molecule is CN(CC(=O)N(C)C(CN1CCOCC1)c1ccc(-c2cccc(C(=O)N3CCCC3)c2)cc1)c1ccc(Cl)c(Cl)c1. The average molecular weight is 610 g/mol. The Morgan fingerprint density at radius 1 is 0.857 bits per heavy atom. The van der Waals surface area contributed by atoms with Crippen LogP contribution in [0, 0.1) is 0 Å². The first-order chi connectivity index (χ1) is 20.3. The molecule has 0 aromatic heterocycles. The monoisotopic (exact) mass is 608 g/mol. The molecule has 0 radical (unpaired) electrons. The fourth-order valence-corrected chi connectivity index (χ4v) is 5.91. The van der Waals surface area contributed by atoms with Gasteiger partial charge in [0.1, 0.15) is 0 Å². The van der Waals surface area contributed by atoms with Crippen LogP contribution < -0.4 is 4.90 Å². The first-order valence-corrected chi connectivity index (χ1v) is 15.3. The number of likely N-dealkylation sites (tertiary alicyclic amines) is 1. The number of halogens is 2. The topological polar surface area (TPSA) is 56.3 Å². The lowest BCUT2D eigenvalue weighted by Crippen LogP contribution is -2.45. The molecule has 2 aliphatic heterocycles. The van der Waals surface area contributed by atoms with Crippen LogP contribution in [0.3, 0.4) is 0 Å². The van der Waals surface area contributed by atoms with E-state index in [-0.39, 0.29) is 24.4 Å². The zero-order chi connectivity index (χ0) is 29.6. The minimum atomic E-state index is -0.144. The fraction of sp³-hybridized carbons (Fsp3) is 0.394. The van der Waals surface area contributed by atoms with E-state index in [1.807, 2.05) is 59.1 Å². The Morgan fingerprint density at radius 3 is 2.26 bits per heavy atom. The van der Waals surface area contributed by atoms with E-state index in [0.29, 0.717) is 29.8 Å². The van der Waals surface area contributed by atoms with Crippen molar-refractivity contribution in [2.45, 2.75) is 18.9 Å². The van der Waals surface area contributed by atoms with Crippen LogP contribution in [0.5, 0.6) is 0 Å². The molecule has 5 rings (SSSR count). The molecular weight excluding hydrogens is 571 g/mol. The largest absolute Gasteiger partial charge is 0.379 e. The summed E-state index contributed by atoms with van der Waals surface area (Å²) < 4.78 is 5.56. The number of hydrogen-bond acceptors (Lipinski definition) is 5. The van der Waals surface area contributed by atoms with Gasteiger partial charge in [0.2, 0.25) is 5.91 Å². The Hall–Kier alpha value is -3.10. The normalized spacial score (nSPS) is 16.3. The van der Waals surface area contributed by atoms with Gasteiger partial charge in [0.15, 0.2) is 0 Å². The molecule has 7 nitrogen and oxygen atoms in total. The van der Waals surface area contributed by atoms with Crippen molar-refractivity contribution < 1.29 is 14.3 Å². The van der Waals surface area contributed by atoms with E-state index in [1.54, 1.807) is 12.1 Å². The van der Waals surface area contributed by atoms with Crippen LogP contribution in [0.2, 0.25) is 10.0 Å². The molecule has 0 N–H and O–H groups in total. The van der Waals surface area contributed by atoms with Gasteiger partial charge in [-0.1, -0.05) is 59.6 Å². The van der Waals surface area contributed by atoms with Gasteiger partial charge >= 0.3 is 0 Å². The molecule has 0 saturated carbocycles. The zero-order valence-electron chi connectivity index (χ0n) is 24.3. The van der Waals surface area contributed by atoms with Crippen molar-refractivity contribution in [3.63, 3.8) is 0 Å². The molecule has 0 bridgehead atoms. The highest BCUT2D eigenvalue weighted by Crippen LogP contribution is 2.29. The maximum Gasteiger partial charge on any atom is 0.253 e. The minimum Gasteiger partial charge on any atom is -0.379 e. The predicted octanol–water partition coefficient (Wildman–Crippen LogP) is 5.86. The van der Waals surface area contributed by atoms with Crippen molar-refractivity contribution in [1.29, 1.82) is 0 Å². The quantitative estimate of drug-likeness (QED) is 0.304. The Bertz CT molecular complexity index is 1390. The second kappa shape index (κ2) is 13.9. The number of carbonyl (C=O) groups excluding carboxylic acids is 2. The molecule has 1 atom stereocenters. The van der Waals surface area contributed by atoms with Crippen molar-refractivity contribution in [2.24, 2.45) is 0 Å². The van der Waals surface area contributed by atoms with Gasteiger partial charge in [-0.2, -0.15) is 0 Å². The lowest BCUT2D eigenvalue weighted by molar-refractivity contribution is -0.131. The Labute approximate surface area is 258 Å². The van der Waals surface area contributed by atoms with Gasteiger partial charge in [-0.15, -0.1) is 0 Å². The second-order valence-corrected chi connectivity index (χ2v) is 11.9. The van der Waals surface area contributed by atoms with E-state index in [0.717, 1.165) is 67.0 Å². The number of hydrogen-bond donors (Lipinski definition) is 0. The molecule has 2 saturated heterocycles. The van der Waals surface area contributed by atoms with Gasteiger partial charge in [0.05, 0.1) is 35.8 Å². The van der Waals surface area contributed by atoms with Crippen molar-refractivity contribution in [1.82, 2.24) is 14.7 Å². The molecule has 2 aliphatic rings. The summed E-state index contributed by atoms with van der Waals surface area (Å²) >= 11 is 12.3. The van der Waals surface area contributed by atoms with Crippen LogP contribution in [-0.4, -0.2) is 93.1 Å². The van der Waals surface area contributed by atoms with Crippen LogP contribution in [0.25, 0.3) is 11.1 Å². The molecule has 2 heterocycles. The van der Waals surface area contributed by atoms with Crippen molar-refractivity contribution in [3.8, 4) is 11.1 Å². The molecule has 222 valence electrons. The number of rotatable bonds is 9. The number of amides is 2. The van der Waals surface area contributed by atoms with Crippen LogP contribution in [-0.2, 0) is 9.53 Å². The van der Waals surface area contributed by atoms with Crippen LogP contribution in [0.1, 0.15) is 34.8 Å². The number of morpholine rings is 1. The maximum absolute atomic E-state index is 13.6. The maximum atomic E-state index is 13.6. The molecule has 1 unspecified atom stereocenters. The van der Waals surface area contributed by atoms with Crippen molar-refractivity contribution in [2.75, 3.05) is 71.5 Å². The van der Waals surface area contributed by atoms with Crippen LogP contribution in [0.15, 0.2) is 66.7 Å². The Kier molecular flexibility index (Phi) is 10.1. The molecule has 3 aromatic carbocycles. The van der Waals surface area contributed by atoms with Crippen molar-refractivity contribution >= 4 is 40.7 Å². The molecule has 3 aromatic rings. The third-order valence-electron chi connectivity index (χ3n) is 8.24. The first-order valence-electron chi connectivity index (χ1n) is 14.5. The number of benzene rings is 3. The number of carbonyl (C=O) groups is 2. The van der Waals surface area contributed by atoms with Gasteiger partial charge in [-0.25, -0.2) is 0 Å². The standard InChI is InChI=1S/C33H38Cl2N4O3/c1-36(28-12-13-29(34)30(35)21-28)23-32(40)37(2)31(22-38-16-18-42-19-17-38)25-10-8-24(9-11-25)26-6-5-7-27(20-26)33(41)39-14-3-4-15-39/h5-13,20-21,31H,3-4,14-19,22-23H2,1-2H3. The fourth-order valence-electron chi connectivity index (χ4n) is 5.61. The summed E-state index contributed by atoms with van der Waals surface area (Å²) in [4.78, 5) is 34.5. The van der Waals surface area contributed by atoms with Crippen LogP contribution >= 0.6 is 23.2 Å². The number of ether oxygens (including phenoxy) is 1. The lowest BCUT2D eigenvalue weighted by atomic mass is 9.98. The van der Waals surface area contributed by atoms with Gasteiger partial charge in [-0.05, 0) is 59.9 Å². The number of likely N-dealkylation sites (N-methyl/N-ethyl adjacent to an activating group) is 2. The van der Waals surface area contributed by atoms with Gasteiger partial charge in [-0.3, -0.25) is 14.5 Å². The van der Waals surface area contributed by atoms with Gasteiger partial charge in [0.25, 0.3) is 5.91 Å². The summed E-state index contributed by atoms with van der Waals surface area (Å²) in [5.41, 5.74) is 4.64. The summed E-state index contributed by atoms with van der Waals surface area (Å²) in [6.45, 7) is 5.61. The molecule has 2 amide bonds. The molecule has 0 aliphatic carbocycles. The summed E-state index contributed by atoms with van der Waals surface area (Å²) in [6.07, 6.45) is 2.14. The summed E-state index contributed by atoms with van der Waals surface area (Å²) in [5.74, 6) is 0.0987. The van der Waals surface area contributed by atoms with E-state index in [9.17, 15) is 9.59 Å². The summed E-state index contributed by atoms with van der Waals surface area (Å²) in [7, 11) is 3.75. The van der Waals surface area contributed by atoms with E-state index < -0.39 is 0 Å². The minimum absolute atomic E-state index is 0.000894. The zero-order valence-corrected chi connectivity index (χ0v) is 25.8. The summed E-state index contributed by atoms with van der Waals surface area (Å²) in [5, 5.41) is 0.939. The van der Waals surface area contributed by atoms with E-state index in [1.165, 1.54) is 0 Å². The lowest BCUT2D eigenvalue weighted by Gasteiger charge is -2.36. The highest BCUT2D eigenvalue weighted by Gasteiger charge is 2.26. The highest BCUT2D eigenvalue weighted by atomic mass is 35.5. The third-order valence-corrected chi connectivity index (χ3v) is 8.98. The molecule has 2 fully saturated rings. The van der Waals surface area contributed by atoms with E-state index in [2.05, 4.69) is 29.2 Å². The highest BCUT2D eigenvalue weighted by molar-refractivity contribution is 6.42. The average Bonchev–Trinajstić information content (AvgIpc) is 3.56. The summed E-state index contributed by atoms with van der Waals surface area (Å²) in [6, 6.07) is 21.5. The van der Waals surface area contributed by atoms with Gasteiger partial charge < -0.3 is 19.4 Å². The van der Waals surface area contributed by atoms with E-state index in [4.69, 9.17) is 27.9 Å². The van der Waals surface area contributed by atoms with Gasteiger partial charge in [0, 0.05) is 58.1 Å². The van der Waals surface area contributed by atoms with Crippen molar-refractivity contribution in [3.05, 3.63) is 87.9 Å². The van der Waals surface area contributed by atoms with E-state index >= 15 is 0 Å². The number of anilines is 1. The molecule has 0 spiro atoms. The predicted molar refractivity (Wildman–Crippen MR) is 170 cm³/mol. The second-order valence-electron chi connectivity index (χ2n) is 11.1. The Balaban J connectivity index is 1.34. The molecular formula is C33H38Cl2N4O3. The smallest absolute Gasteiger partial charge is 0.253 e.